The van der Waals surface area contributed by atoms with E-state index in [1.807, 2.05) is 0 Å². The van der Waals surface area contributed by atoms with E-state index in [1.54, 1.807) is 0 Å². The van der Waals surface area contributed by atoms with Crippen molar-refractivity contribution in [1.82, 2.24) is 0 Å². The van der Waals surface area contributed by atoms with E-state index in [1.165, 1.54) is 0 Å². The van der Waals surface area contributed by atoms with Crippen LogP contribution in [-0.4, -0.2) is 85.9 Å². The molecular formula is C37H68F2O7Si2. The second-order valence-electron chi connectivity index (χ2n) is 17.1. The first-order valence-corrected chi connectivity index (χ1v) is 22.9. The molecule has 3 aliphatic rings. The molecule has 7 nitrogen and oxygen atoms in total. The first kappa shape index (κ1) is 42.0. The Balaban J connectivity index is 1.80. The lowest BCUT2D eigenvalue weighted by atomic mass is 9.82. The van der Waals surface area contributed by atoms with Gasteiger partial charge in [0.2, 0.25) is 0 Å². The van der Waals surface area contributed by atoms with Crippen LogP contribution in [0.2, 0.25) is 23.2 Å². The summed E-state index contributed by atoms with van der Waals surface area (Å²) in [5.41, 5.74) is 0. The van der Waals surface area contributed by atoms with E-state index in [9.17, 15) is 5.11 Å². The molecule has 0 aromatic carbocycles. The number of hydrogen-bond donors (Lipinski definition) is 1. The predicted molar refractivity (Wildman–Crippen MR) is 192 cm³/mol. The molecule has 3 fully saturated rings. The van der Waals surface area contributed by atoms with Gasteiger partial charge in [-0.2, -0.15) is 8.78 Å². The van der Waals surface area contributed by atoms with Gasteiger partial charge in [-0.3, -0.25) is 0 Å². The van der Waals surface area contributed by atoms with Gasteiger partial charge in [-0.25, -0.2) is 0 Å². The molecule has 0 aromatic heterocycles. The zero-order chi connectivity index (χ0) is 35.6. The third-order valence-corrected chi connectivity index (χ3v) is 16.7. The van der Waals surface area contributed by atoms with Gasteiger partial charge in [0.15, 0.2) is 30.2 Å². The van der Waals surface area contributed by atoms with Gasteiger partial charge in [0.25, 0.3) is 0 Å². The Labute approximate surface area is 294 Å². The normalized spacial score (nSPS) is 27.8. The van der Waals surface area contributed by atoms with Crippen molar-refractivity contribution in [3.05, 3.63) is 0 Å². The van der Waals surface area contributed by atoms with E-state index in [4.69, 9.17) is 27.8 Å². The van der Waals surface area contributed by atoms with Crippen molar-refractivity contribution in [2.24, 2.45) is 11.8 Å². The Morgan fingerprint density at radius 2 is 1.69 bits per heavy atom. The monoisotopic (exact) mass is 718 g/mol. The molecule has 280 valence electrons. The van der Waals surface area contributed by atoms with E-state index in [0.717, 1.165) is 44.9 Å². The number of ether oxygens (including phenoxy) is 4. The molecule has 0 aromatic rings. The van der Waals surface area contributed by atoms with E-state index in [-0.39, 0.29) is 53.3 Å². The Kier molecular flexibility index (Phi) is 16.1. The summed E-state index contributed by atoms with van der Waals surface area (Å²) in [6.45, 7) is 21.4. The maximum absolute atomic E-state index is 15.5. The molecule has 2 heterocycles. The van der Waals surface area contributed by atoms with E-state index < -0.39 is 35.9 Å². The fourth-order valence-corrected chi connectivity index (χ4v) is 8.90. The SMILES string of the molecule is CCCCCC1(CC[C@@H]2[C@@H](CC(O)C(F)(F)C#CCCO[Si](C)(C)C(C)(C)C)[C@@H](O[SiH2]C(C)(C)C)C[C@H]2OC2CCCCO2)OCCO1. The molecule has 3 rings (SSSR count). The molecule has 11 heteroatoms. The van der Waals surface area contributed by atoms with Gasteiger partial charge < -0.3 is 32.9 Å². The average molecular weight is 719 g/mol. The van der Waals surface area contributed by atoms with Gasteiger partial charge >= 0.3 is 5.92 Å². The van der Waals surface area contributed by atoms with Gasteiger partial charge in [0, 0.05) is 32.5 Å². The van der Waals surface area contributed by atoms with Crippen LogP contribution in [0.1, 0.15) is 126 Å². The molecule has 48 heavy (non-hydrogen) atoms. The molecule has 2 unspecified atom stereocenters. The second-order valence-corrected chi connectivity index (χ2v) is 24.6. The lowest BCUT2D eigenvalue weighted by molar-refractivity contribution is -0.202. The molecular weight excluding hydrogens is 651 g/mol. The van der Waals surface area contributed by atoms with Crippen molar-refractivity contribution in [1.29, 1.82) is 0 Å². The summed E-state index contributed by atoms with van der Waals surface area (Å²) in [7, 11) is -2.99. The number of unbranched alkanes of at least 4 members (excludes halogenated alkanes) is 2. The first-order valence-electron chi connectivity index (χ1n) is 18.7. The van der Waals surface area contributed by atoms with Crippen LogP contribution < -0.4 is 0 Å². The fourth-order valence-electron chi connectivity index (χ4n) is 6.76. The van der Waals surface area contributed by atoms with Crippen LogP contribution in [0.3, 0.4) is 0 Å². The Hall–Kier alpha value is -0.426. The largest absolute Gasteiger partial charge is 0.420 e. The number of alkyl halides is 2. The summed E-state index contributed by atoms with van der Waals surface area (Å²) >= 11 is 0. The molecule has 1 N–H and O–H groups in total. The summed E-state index contributed by atoms with van der Waals surface area (Å²) in [5, 5.41) is 11.2. The summed E-state index contributed by atoms with van der Waals surface area (Å²) in [6.07, 6.45) is 6.12. The molecule has 1 saturated carbocycles. The molecule has 1 aliphatic carbocycles. The van der Waals surface area contributed by atoms with Crippen LogP contribution in [0, 0.1) is 23.7 Å². The highest BCUT2D eigenvalue weighted by molar-refractivity contribution is 6.74. The van der Waals surface area contributed by atoms with Crippen molar-refractivity contribution < 1.29 is 41.7 Å². The minimum absolute atomic E-state index is 0.0286. The molecule has 0 spiro atoms. The highest BCUT2D eigenvalue weighted by Crippen LogP contribution is 2.46. The van der Waals surface area contributed by atoms with E-state index in [0.29, 0.717) is 45.7 Å². The maximum atomic E-state index is 15.5. The van der Waals surface area contributed by atoms with Crippen LogP contribution in [-0.2, 0) is 27.8 Å². The minimum Gasteiger partial charge on any atom is -0.420 e. The van der Waals surface area contributed by atoms with Crippen molar-refractivity contribution in [3.63, 3.8) is 0 Å². The van der Waals surface area contributed by atoms with Gasteiger partial charge in [-0.1, -0.05) is 67.2 Å². The van der Waals surface area contributed by atoms with Gasteiger partial charge in [0.1, 0.15) is 6.10 Å². The Bertz CT molecular complexity index is 1010. The van der Waals surface area contributed by atoms with Crippen LogP contribution in [0.4, 0.5) is 8.78 Å². The molecule has 0 radical (unpaired) electrons. The van der Waals surface area contributed by atoms with Crippen molar-refractivity contribution in [2.75, 3.05) is 26.4 Å². The number of aliphatic hydroxyl groups excluding tert-OH is 1. The van der Waals surface area contributed by atoms with Crippen LogP contribution in [0.5, 0.6) is 0 Å². The molecule has 2 saturated heterocycles. The Morgan fingerprint density at radius 1 is 0.979 bits per heavy atom. The molecule has 0 bridgehead atoms. The number of halogens is 2. The molecule has 0 amide bonds. The summed E-state index contributed by atoms with van der Waals surface area (Å²) in [6, 6.07) is 0. The van der Waals surface area contributed by atoms with Gasteiger partial charge in [0.05, 0.1) is 25.4 Å². The van der Waals surface area contributed by atoms with Crippen LogP contribution in [0.25, 0.3) is 0 Å². The summed E-state index contributed by atoms with van der Waals surface area (Å²) < 4.78 is 68.8. The number of hydrogen-bond acceptors (Lipinski definition) is 7. The topological polar surface area (TPSA) is 75.6 Å². The highest BCUT2D eigenvalue weighted by Gasteiger charge is 2.50. The van der Waals surface area contributed by atoms with Crippen molar-refractivity contribution >= 4 is 18.1 Å². The fraction of sp³-hybridized carbons (Fsp3) is 0.946. The van der Waals surface area contributed by atoms with E-state index >= 15 is 8.78 Å². The smallest absolute Gasteiger partial charge is 0.333 e. The summed E-state index contributed by atoms with van der Waals surface area (Å²) in [5.74, 6) is 0.0576. The second kappa shape index (κ2) is 18.4. The van der Waals surface area contributed by atoms with Gasteiger partial charge in [-0.15, -0.1) is 0 Å². The quantitative estimate of drug-likeness (QED) is 0.0925. The van der Waals surface area contributed by atoms with Crippen molar-refractivity contribution in [2.45, 2.75) is 185 Å². The molecule has 6 atom stereocenters. The zero-order valence-corrected chi connectivity index (χ0v) is 34.1. The third-order valence-electron chi connectivity index (χ3n) is 10.7. The lowest BCUT2D eigenvalue weighted by Gasteiger charge is -2.36. The standard InChI is InChI=1S/C37H68F2O7Si2/c1-10-11-13-19-36(42-24-25-43-36)21-18-28-29(26-32(40)37(38,39)20-14-16-23-44-48(8,9)35(5,6)7)31(46-47-34(2,3)4)27-30(28)45-33-17-12-15-22-41-33/h28-33,40H,10-13,15-19,21-27,47H2,1-9H3/t28-,29-,30-,31+,32?,33?/m1/s1. The first-order chi connectivity index (χ1) is 22.4. The lowest BCUT2D eigenvalue weighted by Crippen LogP contribution is -2.41. The summed E-state index contributed by atoms with van der Waals surface area (Å²) in [4.78, 5) is 0. The average Bonchev–Trinajstić information content (AvgIpc) is 3.59. The van der Waals surface area contributed by atoms with Crippen LogP contribution >= 0.6 is 0 Å². The van der Waals surface area contributed by atoms with E-state index in [2.05, 4.69) is 73.4 Å². The van der Waals surface area contributed by atoms with Gasteiger partial charge in [-0.05, 0) is 85.9 Å². The molecule has 2 aliphatic heterocycles. The predicted octanol–water partition coefficient (Wildman–Crippen LogP) is 8.13. The van der Waals surface area contributed by atoms with Crippen LogP contribution in [0.15, 0.2) is 0 Å². The minimum atomic E-state index is -3.56. The van der Waals surface area contributed by atoms with Crippen molar-refractivity contribution in [3.8, 4) is 11.8 Å². The maximum Gasteiger partial charge on any atom is 0.333 e. The Morgan fingerprint density at radius 3 is 2.29 bits per heavy atom. The number of rotatable bonds is 17. The number of aliphatic hydroxyl groups is 1. The third kappa shape index (κ3) is 13.0. The zero-order valence-electron chi connectivity index (χ0n) is 31.6. The highest BCUT2D eigenvalue weighted by atomic mass is 28.4.